The maximum absolute atomic E-state index is 12.6. The lowest BCUT2D eigenvalue weighted by molar-refractivity contribution is -0.137. The van der Waals surface area contributed by atoms with Gasteiger partial charge in [-0.25, -0.2) is 0 Å². The molecular formula is C15H7Cl2F3N2O. The van der Waals surface area contributed by atoms with E-state index in [2.05, 4.69) is 10.2 Å². The second-order valence-electron chi connectivity index (χ2n) is 4.62. The van der Waals surface area contributed by atoms with Gasteiger partial charge in [0, 0.05) is 5.39 Å². The normalized spacial score (nSPS) is 11.7. The average Bonchev–Trinajstić information content (AvgIpc) is 2.49. The molecule has 0 atom stereocenters. The highest BCUT2D eigenvalue weighted by molar-refractivity contribution is 6.35. The lowest BCUT2D eigenvalue weighted by Crippen LogP contribution is -2.04. The van der Waals surface area contributed by atoms with Gasteiger partial charge >= 0.3 is 6.18 Å². The highest BCUT2D eigenvalue weighted by Crippen LogP contribution is 2.37. The number of alkyl halides is 3. The number of rotatable bonds is 2. The summed E-state index contributed by atoms with van der Waals surface area (Å²) in [6.07, 6.45) is -3.07. The Balaban J connectivity index is 1.94. The molecule has 0 aliphatic carbocycles. The fourth-order valence-electron chi connectivity index (χ4n) is 1.96. The lowest BCUT2D eigenvalue weighted by atomic mass is 10.2. The van der Waals surface area contributed by atoms with Crippen molar-refractivity contribution < 1.29 is 17.9 Å². The van der Waals surface area contributed by atoms with Crippen LogP contribution in [0.4, 0.5) is 13.2 Å². The van der Waals surface area contributed by atoms with Crippen LogP contribution >= 0.6 is 23.2 Å². The molecule has 0 saturated carbocycles. The van der Waals surface area contributed by atoms with E-state index in [0.29, 0.717) is 21.7 Å². The molecule has 0 saturated heterocycles. The molecule has 8 heteroatoms. The molecule has 0 amide bonds. The predicted molar refractivity (Wildman–Crippen MR) is 81.1 cm³/mol. The van der Waals surface area contributed by atoms with Crippen LogP contribution in [-0.4, -0.2) is 10.2 Å². The van der Waals surface area contributed by atoms with Crippen molar-refractivity contribution in [3.63, 3.8) is 0 Å². The Morgan fingerprint density at radius 1 is 0.957 bits per heavy atom. The van der Waals surface area contributed by atoms with E-state index in [1.807, 2.05) is 0 Å². The van der Waals surface area contributed by atoms with Crippen LogP contribution in [0.1, 0.15) is 5.56 Å². The Morgan fingerprint density at radius 2 is 1.74 bits per heavy atom. The van der Waals surface area contributed by atoms with E-state index in [4.69, 9.17) is 27.9 Å². The summed E-state index contributed by atoms with van der Waals surface area (Å²) >= 11 is 11.9. The number of aromatic nitrogens is 2. The van der Waals surface area contributed by atoms with Crippen LogP contribution in [0.5, 0.6) is 11.5 Å². The van der Waals surface area contributed by atoms with Crippen LogP contribution in [0, 0.1) is 0 Å². The van der Waals surface area contributed by atoms with Crippen LogP contribution in [0.25, 0.3) is 10.9 Å². The number of benzene rings is 2. The molecule has 2 aromatic carbocycles. The molecule has 0 N–H and O–H groups in total. The van der Waals surface area contributed by atoms with Gasteiger partial charge in [0.05, 0.1) is 27.3 Å². The highest BCUT2D eigenvalue weighted by Gasteiger charge is 2.31. The first-order chi connectivity index (χ1) is 10.8. The molecule has 3 nitrogen and oxygen atoms in total. The van der Waals surface area contributed by atoms with Gasteiger partial charge in [-0.1, -0.05) is 23.2 Å². The molecule has 1 heterocycles. The first-order valence-electron chi connectivity index (χ1n) is 6.30. The fraction of sp³-hybridized carbons (Fsp3) is 0.0667. The predicted octanol–water partition coefficient (Wildman–Crippen LogP) is 5.75. The summed E-state index contributed by atoms with van der Waals surface area (Å²) in [5, 5.41) is 8.49. The van der Waals surface area contributed by atoms with E-state index in [0.717, 1.165) is 12.1 Å². The van der Waals surface area contributed by atoms with Gasteiger partial charge in [0.1, 0.15) is 11.5 Å². The van der Waals surface area contributed by atoms with Crippen molar-refractivity contribution in [1.82, 2.24) is 10.2 Å². The van der Waals surface area contributed by atoms with E-state index in [1.54, 1.807) is 18.2 Å². The summed E-state index contributed by atoms with van der Waals surface area (Å²) in [7, 11) is 0. The molecule has 23 heavy (non-hydrogen) atoms. The van der Waals surface area contributed by atoms with Crippen LogP contribution in [0.2, 0.25) is 10.0 Å². The monoisotopic (exact) mass is 358 g/mol. The molecule has 0 aliphatic rings. The van der Waals surface area contributed by atoms with Crippen LogP contribution < -0.4 is 4.74 Å². The molecule has 0 unspecified atom stereocenters. The van der Waals surface area contributed by atoms with Gasteiger partial charge in [-0.2, -0.15) is 23.4 Å². The van der Waals surface area contributed by atoms with E-state index in [1.165, 1.54) is 12.3 Å². The number of nitrogens with zero attached hydrogens (tertiary/aromatic N) is 2. The topological polar surface area (TPSA) is 35.0 Å². The second-order valence-corrected chi connectivity index (χ2v) is 5.43. The number of hydrogen-bond donors (Lipinski definition) is 0. The second kappa shape index (κ2) is 5.86. The molecule has 0 fully saturated rings. The zero-order valence-corrected chi connectivity index (χ0v) is 12.7. The van der Waals surface area contributed by atoms with E-state index in [-0.39, 0.29) is 10.8 Å². The Hall–Kier alpha value is -2.05. The van der Waals surface area contributed by atoms with Crippen molar-refractivity contribution in [1.29, 1.82) is 0 Å². The smallest absolute Gasteiger partial charge is 0.416 e. The minimum absolute atomic E-state index is 0.108. The molecular weight excluding hydrogens is 352 g/mol. The third kappa shape index (κ3) is 3.33. The maximum Gasteiger partial charge on any atom is 0.416 e. The Labute approximate surface area is 138 Å². The highest BCUT2D eigenvalue weighted by atomic mass is 35.5. The summed E-state index contributed by atoms with van der Waals surface area (Å²) in [6, 6.07) is 7.74. The zero-order valence-electron chi connectivity index (χ0n) is 11.2. The summed E-state index contributed by atoms with van der Waals surface area (Å²) in [5.41, 5.74) is -0.268. The molecule has 0 aliphatic heterocycles. The quantitative estimate of drug-likeness (QED) is 0.585. The zero-order chi connectivity index (χ0) is 16.6. The van der Waals surface area contributed by atoms with Crippen molar-refractivity contribution in [3.05, 3.63) is 58.2 Å². The first-order valence-corrected chi connectivity index (χ1v) is 7.06. The van der Waals surface area contributed by atoms with Crippen molar-refractivity contribution in [2.24, 2.45) is 0 Å². The minimum atomic E-state index is -4.46. The van der Waals surface area contributed by atoms with Gasteiger partial charge in [0.15, 0.2) is 0 Å². The van der Waals surface area contributed by atoms with Gasteiger partial charge in [-0.3, -0.25) is 0 Å². The van der Waals surface area contributed by atoms with Crippen molar-refractivity contribution in [2.45, 2.75) is 6.18 Å². The van der Waals surface area contributed by atoms with Gasteiger partial charge < -0.3 is 4.74 Å². The van der Waals surface area contributed by atoms with Gasteiger partial charge in [0.2, 0.25) is 0 Å². The van der Waals surface area contributed by atoms with Gasteiger partial charge in [-0.05, 0) is 36.4 Å². The van der Waals surface area contributed by atoms with Crippen molar-refractivity contribution >= 4 is 34.1 Å². The molecule has 0 bridgehead atoms. The number of halogens is 5. The number of ether oxygens (including phenoxy) is 1. The third-order valence-electron chi connectivity index (χ3n) is 3.05. The molecule has 0 spiro atoms. The number of hydrogen-bond acceptors (Lipinski definition) is 3. The van der Waals surface area contributed by atoms with E-state index in [9.17, 15) is 13.2 Å². The summed E-state index contributed by atoms with van der Waals surface area (Å²) in [5.74, 6) is 0.478. The Morgan fingerprint density at radius 3 is 2.43 bits per heavy atom. The Kier molecular flexibility index (Phi) is 4.04. The maximum atomic E-state index is 12.6. The minimum Gasteiger partial charge on any atom is -0.456 e. The molecule has 1 aromatic heterocycles. The largest absolute Gasteiger partial charge is 0.456 e. The molecule has 3 aromatic rings. The van der Waals surface area contributed by atoms with Crippen molar-refractivity contribution in [3.8, 4) is 11.5 Å². The lowest BCUT2D eigenvalue weighted by Gasteiger charge is -2.11. The first kappa shape index (κ1) is 15.8. The standard InChI is InChI=1S/C15H7Cl2F3N2O/c16-11-5-8(15(18,19)20)1-4-14(11)23-9-2-3-13-10(6-9)12(17)7-21-22-13/h1-7H. The molecule has 3 rings (SSSR count). The Bertz CT molecular complexity index is 884. The van der Waals surface area contributed by atoms with E-state index >= 15 is 0 Å². The average molecular weight is 359 g/mol. The summed E-state index contributed by atoms with van der Waals surface area (Å²) < 4.78 is 43.4. The van der Waals surface area contributed by atoms with Crippen molar-refractivity contribution in [2.75, 3.05) is 0 Å². The van der Waals surface area contributed by atoms with E-state index < -0.39 is 11.7 Å². The molecule has 0 radical (unpaired) electrons. The van der Waals surface area contributed by atoms with Gasteiger partial charge in [0.25, 0.3) is 0 Å². The SMILES string of the molecule is FC(F)(F)c1ccc(Oc2ccc3nncc(Cl)c3c2)c(Cl)c1. The fourth-order valence-corrected chi connectivity index (χ4v) is 2.37. The summed E-state index contributed by atoms with van der Waals surface area (Å²) in [4.78, 5) is 0. The van der Waals surface area contributed by atoms with Gasteiger partial charge in [-0.15, -0.1) is 0 Å². The molecule has 118 valence electrons. The van der Waals surface area contributed by atoms with Crippen LogP contribution in [0.3, 0.4) is 0 Å². The third-order valence-corrected chi connectivity index (χ3v) is 3.65. The number of fused-ring (bicyclic) bond motifs is 1. The van der Waals surface area contributed by atoms with Crippen LogP contribution in [-0.2, 0) is 6.18 Å². The summed E-state index contributed by atoms with van der Waals surface area (Å²) in [6.45, 7) is 0. The van der Waals surface area contributed by atoms with Crippen LogP contribution in [0.15, 0.2) is 42.6 Å².